The van der Waals surface area contributed by atoms with Gasteiger partial charge in [0.05, 0.1) is 5.56 Å². The zero-order chi connectivity index (χ0) is 17.7. The molecule has 0 saturated heterocycles. The van der Waals surface area contributed by atoms with Gasteiger partial charge in [0, 0.05) is 12.2 Å². The Morgan fingerprint density at radius 2 is 1.62 bits per heavy atom. The highest BCUT2D eigenvalue weighted by atomic mass is 19.1. The minimum absolute atomic E-state index is 0.0656. The number of benzene rings is 2. The lowest BCUT2D eigenvalue weighted by molar-refractivity contribution is -0.136. The van der Waals surface area contributed by atoms with E-state index in [1.807, 2.05) is 5.32 Å². The number of carbonyl (C=O) groups excluding carboxylic acids is 2. The first-order valence-corrected chi connectivity index (χ1v) is 6.85. The normalized spacial score (nSPS) is 11.7. The van der Waals surface area contributed by atoms with Crippen LogP contribution in [0.4, 0.5) is 18.9 Å². The fourth-order valence-corrected chi connectivity index (χ4v) is 1.95. The van der Waals surface area contributed by atoms with Gasteiger partial charge in [-0.2, -0.15) is 0 Å². The third kappa shape index (κ3) is 4.32. The lowest BCUT2D eigenvalue weighted by Crippen LogP contribution is -2.37. The number of hydrogen-bond acceptors (Lipinski definition) is 3. The first-order chi connectivity index (χ1) is 11.4. The smallest absolute Gasteiger partial charge is 0.313 e. The SMILES string of the molecule is O=C(NC[C@@H](O)c1c(F)cccc1F)C(=O)Nc1cccc(F)c1. The highest BCUT2D eigenvalue weighted by Crippen LogP contribution is 2.19. The van der Waals surface area contributed by atoms with Crippen LogP contribution in [0.1, 0.15) is 11.7 Å². The van der Waals surface area contributed by atoms with E-state index in [2.05, 4.69) is 5.32 Å². The quantitative estimate of drug-likeness (QED) is 0.745. The Kier molecular flexibility index (Phi) is 5.54. The molecular formula is C16H13F3N2O3. The molecule has 0 aliphatic carbocycles. The highest BCUT2D eigenvalue weighted by Gasteiger charge is 2.20. The van der Waals surface area contributed by atoms with Crippen molar-refractivity contribution in [3.05, 3.63) is 65.5 Å². The van der Waals surface area contributed by atoms with Crippen molar-refractivity contribution in [3.8, 4) is 0 Å². The molecule has 0 fully saturated rings. The van der Waals surface area contributed by atoms with Crippen molar-refractivity contribution >= 4 is 17.5 Å². The molecule has 0 spiro atoms. The molecule has 2 amide bonds. The van der Waals surface area contributed by atoms with E-state index in [1.165, 1.54) is 12.1 Å². The van der Waals surface area contributed by atoms with Gasteiger partial charge in [-0.3, -0.25) is 9.59 Å². The van der Waals surface area contributed by atoms with E-state index >= 15 is 0 Å². The van der Waals surface area contributed by atoms with Gasteiger partial charge >= 0.3 is 11.8 Å². The topological polar surface area (TPSA) is 78.4 Å². The summed E-state index contributed by atoms with van der Waals surface area (Å²) in [7, 11) is 0. The molecule has 2 rings (SSSR count). The Balaban J connectivity index is 1.94. The van der Waals surface area contributed by atoms with E-state index < -0.39 is 47.5 Å². The maximum absolute atomic E-state index is 13.5. The Morgan fingerprint density at radius 3 is 2.25 bits per heavy atom. The standard InChI is InChI=1S/C16H13F3N2O3/c17-9-3-1-4-10(7-9)21-16(24)15(23)20-8-13(22)14-11(18)5-2-6-12(14)19/h1-7,13,22H,8H2,(H,20,23)(H,21,24)/t13-/m1/s1. The second-order valence-corrected chi connectivity index (χ2v) is 4.83. The summed E-state index contributed by atoms with van der Waals surface area (Å²) < 4.78 is 39.9. The van der Waals surface area contributed by atoms with Gasteiger partial charge in [-0.15, -0.1) is 0 Å². The van der Waals surface area contributed by atoms with Crippen LogP contribution in [0.15, 0.2) is 42.5 Å². The number of amides is 2. The third-order valence-electron chi connectivity index (χ3n) is 3.08. The second-order valence-electron chi connectivity index (χ2n) is 4.83. The van der Waals surface area contributed by atoms with Crippen LogP contribution < -0.4 is 10.6 Å². The summed E-state index contributed by atoms with van der Waals surface area (Å²) in [5.74, 6) is -4.79. The summed E-state index contributed by atoms with van der Waals surface area (Å²) in [5, 5.41) is 14.0. The van der Waals surface area contributed by atoms with Gasteiger partial charge in [0.2, 0.25) is 0 Å². The average Bonchev–Trinajstić information content (AvgIpc) is 2.52. The molecule has 0 bridgehead atoms. The zero-order valence-corrected chi connectivity index (χ0v) is 12.2. The maximum Gasteiger partial charge on any atom is 0.313 e. The second kappa shape index (κ2) is 7.60. The van der Waals surface area contributed by atoms with Crippen molar-refractivity contribution in [2.45, 2.75) is 6.10 Å². The maximum atomic E-state index is 13.5. The Morgan fingerprint density at radius 1 is 1.00 bits per heavy atom. The van der Waals surface area contributed by atoms with Gasteiger partial charge in [-0.25, -0.2) is 13.2 Å². The molecule has 0 saturated carbocycles. The van der Waals surface area contributed by atoms with Crippen molar-refractivity contribution in [2.75, 3.05) is 11.9 Å². The zero-order valence-electron chi connectivity index (χ0n) is 12.2. The molecule has 0 aliphatic heterocycles. The Hall–Kier alpha value is -2.87. The summed E-state index contributed by atoms with van der Waals surface area (Å²) in [5.41, 5.74) is -0.542. The van der Waals surface area contributed by atoms with Crippen LogP contribution in [-0.4, -0.2) is 23.5 Å². The van der Waals surface area contributed by atoms with Crippen molar-refractivity contribution < 1.29 is 27.9 Å². The van der Waals surface area contributed by atoms with Crippen LogP contribution in [0.5, 0.6) is 0 Å². The minimum Gasteiger partial charge on any atom is -0.386 e. The molecule has 0 aliphatic rings. The molecule has 0 heterocycles. The van der Waals surface area contributed by atoms with Crippen molar-refractivity contribution in [1.29, 1.82) is 0 Å². The minimum atomic E-state index is -1.67. The molecule has 8 heteroatoms. The number of aliphatic hydroxyl groups excluding tert-OH is 1. The van der Waals surface area contributed by atoms with E-state index in [9.17, 15) is 27.9 Å². The van der Waals surface area contributed by atoms with Crippen molar-refractivity contribution in [3.63, 3.8) is 0 Å². The monoisotopic (exact) mass is 338 g/mol. The van der Waals surface area contributed by atoms with E-state index in [0.29, 0.717) is 0 Å². The average molecular weight is 338 g/mol. The lowest BCUT2D eigenvalue weighted by Gasteiger charge is -2.13. The molecule has 3 N–H and O–H groups in total. The third-order valence-corrected chi connectivity index (χ3v) is 3.08. The van der Waals surface area contributed by atoms with Crippen LogP contribution in [0, 0.1) is 17.5 Å². The highest BCUT2D eigenvalue weighted by molar-refractivity contribution is 6.39. The number of aliphatic hydroxyl groups is 1. The summed E-state index contributed by atoms with van der Waals surface area (Å²) in [6.45, 7) is -0.576. The first-order valence-electron chi connectivity index (χ1n) is 6.85. The van der Waals surface area contributed by atoms with E-state index in [4.69, 9.17) is 0 Å². The van der Waals surface area contributed by atoms with Crippen molar-refractivity contribution in [1.82, 2.24) is 5.32 Å². The van der Waals surface area contributed by atoms with Crippen LogP contribution in [-0.2, 0) is 9.59 Å². The van der Waals surface area contributed by atoms with Gasteiger partial charge < -0.3 is 15.7 Å². The molecule has 24 heavy (non-hydrogen) atoms. The summed E-state index contributed by atoms with van der Waals surface area (Å²) in [6, 6.07) is 7.93. The predicted octanol–water partition coefficient (Wildman–Crippen LogP) is 1.89. The molecule has 5 nitrogen and oxygen atoms in total. The molecule has 0 aromatic heterocycles. The molecule has 2 aromatic carbocycles. The molecular weight excluding hydrogens is 325 g/mol. The van der Waals surface area contributed by atoms with E-state index in [1.54, 1.807) is 0 Å². The molecule has 1 atom stereocenters. The number of nitrogens with one attached hydrogen (secondary N) is 2. The predicted molar refractivity (Wildman–Crippen MR) is 79.4 cm³/mol. The van der Waals surface area contributed by atoms with Gasteiger partial charge in [-0.05, 0) is 30.3 Å². The van der Waals surface area contributed by atoms with Gasteiger partial charge in [0.25, 0.3) is 0 Å². The first kappa shape index (κ1) is 17.5. The molecule has 0 radical (unpaired) electrons. The number of rotatable bonds is 4. The van der Waals surface area contributed by atoms with Gasteiger partial charge in [0.1, 0.15) is 23.6 Å². The number of hydrogen-bond donors (Lipinski definition) is 3. The van der Waals surface area contributed by atoms with Crippen LogP contribution in [0.2, 0.25) is 0 Å². The summed E-state index contributed by atoms with van der Waals surface area (Å²) >= 11 is 0. The Bertz CT molecular complexity index is 748. The fraction of sp³-hybridized carbons (Fsp3) is 0.125. The summed E-state index contributed by atoms with van der Waals surface area (Å²) in [6.07, 6.45) is -1.67. The number of halogens is 3. The lowest BCUT2D eigenvalue weighted by atomic mass is 10.1. The van der Waals surface area contributed by atoms with Crippen LogP contribution in [0.3, 0.4) is 0 Å². The number of anilines is 1. The Labute approximate surface area is 135 Å². The largest absolute Gasteiger partial charge is 0.386 e. The molecule has 126 valence electrons. The number of carbonyl (C=O) groups is 2. The van der Waals surface area contributed by atoms with E-state index in [0.717, 1.165) is 30.3 Å². The van der Waals surface area contributed by atoms with E-state index in [-0.39, 0.29) is 5.69 Å². The van der Waals surface area contributed by atoms with Crippen LogP contribution >= 0.6 is 0 Å². The fourth-order valence-electron chi connectivity index (χ4n) is 1.95. The summed E-state index contributed by atoms with van der Waals surface area (Å²) in [4.78, 5) is 23.3. The van der Waals surface area contributed by atoms with Gasteiger partial charge in [0.15, 0.2) is 0 Å². The molecule has 0 unspecified atom stereocenters. The molecule has 2 aromatic rings. The van der Waals surface area contributed by atoms with Crippen molar-refractivity contribution in [2.24, 2.45) is 0 Å². The van der Waals surface area contributed by atoms with Crippen LogP contribution in [0.25, 0.3) is 0 Å². The van der Waals surface area contributed by atoms with Gasteiger partial charge in [-0.1, -0.05) is 12.1 Å².